The average Bonchev–Trinajstić information content (AvgIpc) is 3.05. The van der Waals surface area contributed by atoms with Crippen molar-refractivity contribution in [3.63, 3.8) is 0 Å². The minimum atomic E-state index is -0.869. The van der Waals surface area contributed by atoms with Crippen molar-refractivity contribution in [2.75, 3.05) is 5.32 Å². The normalized spacial score (nSPS) is 11.4. The molecule has 2 aromatic carbocycles. The molecule has 0 fully saturated rings. The van der Waals surface area contributed by atoms with E-state index in [1.165, 1.54) is 0 Å². The molecule has 124 valence electrons. The fourth-order valence-electron chi connectivity index (χ4n) is 2.26. The van der Waals surface area contributed by atoms with Crippen LogP contribution in [0.5, 0.6) is 5.75 Å². The zero-order chi connectivity index (χ0) is 17.6. The summed E-state index contributed by atoms with van der Waals surface area (Å²) in [4.78, 5) is 12.7. The van der Waals surface area contributed by atoms with Gasteiger partial charge in [0.25, 0.3) is 5.91 Å². The Bertz CT molecular complexity index is 896. The highest BCUT2D eigenvalue weighted by Gasteiger charge is 2.23. The Kier molecular flexibility index (Phi) is 4.77. The van der Waals surface area contributed by atoms with Crippen molar-refractivity contribution in [1.82, 2.24) is 5.16 Å². The summed E-state index contributed by atoms with van der Waals surface area (Å²) in [6.45, 7) is 1.74. The third-order valence-electron chi connectivity index (χ3n) is 3.46. The molecule has 6 nitrogen and oxygen atoms in total. The Balaban J connectivity index is 1.84. The van der Waals surface area contributed by atoms with Crippen molar-refractivity contribution in [3.8, 4) is 11.8 Å². The Morgan fingerprint density at radius 2 is 1.92 bits per heavy atom. The highest BCUT2D eigenvalue weighted by molar-refractivity contribution is 5.94. The maximum atomic E-state index is 12.7. The quantitative estimate of drug-likeness (QED) is 0.770. The number of amides is 1. The van der Waals surface area contributed by atoms with Crippen molar-refractivity contribution in [2.24, 2.45) is 0 Å². The number of benzene rings is 2. The smallest absolute Gasteiger partial charge is 0.271 e. The summed E-state index contributed by atoms with van der Waals surface area (Å²) >= 11 is 0. The maximum Gasteiger partial charge on any atom is 0.271 e. The third kappa shape index (κ3) is 4.03. The Labute approximate surface area is 144 Å². The lowest BCUT2D eigenvalue weighted by Gasteiger charge is -2.18. The van der Waals surface area contributed by atoms with Crippen LogP contribution in [0, 0.1) is 18.3 Å². The van der Waals surface area contributed by atoms with Gasteiger partial charge in [-0.25, -0.2) is 0 Å². The molecule has 0 aliphatic rings. The summed E-state index contributed by atoms with van der Waals surface area (Å²) in [6.07, 6.45) is -0.869. The molecule has 1 unspecified atom stereocenters. The molecule has 0 saturated carbocycles. The van der Waals surface area contributed by atoms with E-state index in [1.54, 1.807) is 37.3 Å². The fraction of sp³-hybridized carbons (Fsp3) is 0.105. The molecule has 1 amide bonds. The van der Waals surface area contributed by atoms with Gasteiger partial charge in [-0.15, -0.1) is 0 Å². The largest absolute Gasteiger partial charge is 0.476 e. The Morgan fingerprint density at radius 1 is 1.20 bits per heavy atom. The molecule has 3 rings (SSSR count). The molecule has 6 heteroatoms. The summed E-state index contributed by atoms with van der Waals surface area (Å²) in [5.41, 5.74) is 1.22. The first kappa shape index (κ1) is 16.3. The number of hydrogen-bond acceptors (Lipinski definition) is 5. The van der Waals surface area contributed by atoms with Crippen LogP contribution in [0.15, 0.2) is 65.2 Å². The second kappa shape index (κ2) is 7.32. The number of nitrogens with zero attached hydrogens (tertiary/aromatic N) is 2. The van der Waals surface area contributed by atoms with Crippen molar-refractivity contribution in [3.05, 3.63) is 77.6 Å². The average molecular weight is 333 g/mol. The number of rotatable bonds is 5. The second-order valence-corrected chi connectivity index (χ2v) is 5.36. The fourth-order valence-corrected chi connectivity index (χ4v) is 2.26. The number of aromatic nitrogens is 1. The predicted molar refractivity (Wildman–Crippen MR) is 90.8 cm³/mol. The molecule has 0 aliphatic carbocycles. The monoisotopic (exact) mass is 333 g/mol. The van der Waals surface area contributed by atoms with Gasteiger partial charge in [0.1, 0.15) is 11.5 Å². The van der Waals surface area contributed by atoms with E-state index in [1.807, 2.05) is 36.4 Å². The Hall–Kier alpha value is -3.59. The van der Waals surface area contributed by atoms with Crippen LogP contribution in [0.3, 0.4) is 0 Å². The van der Waals surface area contributed by atoms with Gasteiger partial charge in [-0.3, -0.25) is 4.79 Å². The van der Waals surface area contributed by atoms with E-state index in [-0.39, 0.29) is 5.91 Å². The zero-order valence-electron chi connectivity index (χ0n) is 13.5. The maximum absolute atomic E-state index is 12.7. The third-order valence-corrected chi connectivity index (χ3v) is 3.46. The zero-order valence-corrected chi connectivity index (χ0v) is 13.5. The van der Waals surface area contributed by atoms with E-state index in [9.17, 15) is 4.79 Å². The van der Waals surface area contributed by atoms with Crippen LogP contribution in [0.2, 0.25) is 0 Å². The summed E-state index contributed by atoms with van der Waals surface area (Å²) in [7, 11) is 0. The standard InChI is InChI=1S/C19H15N3O3/c1-13-11-17(22-25-13)21-19(23)18(15-5-3-2-4-6-15)24-16-9-7-14(12-20)8-10-16/h2-11,18H,1H3,(H,21,22,23). The summed E-state index contributed by atoms with van der Waals surface area (Å²) < 4.78 is 10.8. The number of aryl methyl sites for hydroxylation is 1. The molecule has 1 atom stereocenters. The molecule has 0 radical (unpaired) electrons. The second-order valence-electron chi connectivity index (χ2n) is 5.36. The van der Waals surface area contributed by atoms with Gasteiger partial charge in [0, 0.05) is 11.6 Å². The van der Waals surface area contributed by atoms with E-state index >= 15 is 0 Å². The molecular weight excluding hydrogens is 318 g/mol. The van der Waals surface area contributed by atoms with Crippen LogP contribution in [0.4, 0.5) is 5.82 Å². The first-order chi connectivity index (χ1) is 12.2. The molecular formula is C19H15N3O3. The van der Waals surface area contributed by atoms with Crippen LogP contribution < -0.4 is 10.1 Å². The number of hydrogen-bond donors (Lipinski definition) is 1. The number of carbonyl (C=O) groups excluding carboxylic acids is 1. The van der Waals surface area contributed by atoms with Gasteiger partial charge in [0.2, 0.25) is 6.10 Å². The minimum Gasteiger partial charge on any atom is -0.476 e. The minimum absolute atomic E-state index is 0.326. The Morgan fingerprint density at radius 3 is 2.52 bits per heavy atom. The van der Waals surface area contributed by atoms with Crippen molar-refractivity contribution < 1.29 is 14.1 Å². The van der Waals surface area contributed by atoms with Gasteiger partial charge in [-0.2, -0.15) is 5.26 Å². The topological polar surface area (TPSA) is 88.1 Å². The molecule has 25 heavy (non-hydrogen) atoms. The van der Waals surface area contributed by atoms with Crippen LogP contribution in [0.1, 0.15) is 23.0 Å². The highest BCUT2D eigenvalue weighted by Crippen LogP contribution is 2.24. The molecule has 0 saturated heterocycles. The number of carbonyl (C=O) groups is 1. The van der Waals surface area contributed by atoms with Gasteiger partial charge < -0.3 is 14.6 Å². The van der Waals surface area contributed by atoms with Crippen LogP contribution in [-0.2, 0) is 4.79 Å². The van der Waals surface area contributed by atoms with Gasteiger partial charge in [-0.1, -0.05) is 35.5 Å². The van der Waals surface area contributed by atoms with E-state index in [0.717, 1.165) is 0 Å². The van der Waals surface area contributed by atoms with Gasteiger partial charge >= 0.3 is 0 Å². The van der Waals surface area contributed by atoms with Crippen LogP contribution in [-0.4, -0.2) is 11.1 Å². The highest BCUT2D eigenvalue weighted by atomic mass is 16.5. The summed E-state index contributed by atoms with van der Waals surface area (Å²) in [5, 5.41) is 15.3. The molecule has 0 bridgehead atoms. The van der Waals surface area contributed by atoms with Gasteiger partial charge in [0.15, 0.2) is 5.82 Å². The lowest BCUT2D eigenvalue weighted by Crippen LogP contribution is -2.25. The number of nitrogens with one attached hydrogen (secondary N) is 1. The molecule has 0 aliphatic heterocycles. The molecule has 1 aromatic heterocycles. The number of ether oxygens (including phenoxy) is 1. The summed E-state index contributed by atoms with van der Waals surface area (Å²) in [5.74, 6) is 1.04. The SMILES string of the molecule is Cc1cc(NC(=O)C(Oc2ccc(C#N)cc2)c2ccccc2)no1. The first-order valence-corrected chi connectivity index (χ1v) is 7.61. The van der Waals surface area contributed by atoms with Gasteiger partial charge in [0.05, 0.1) is 11.6 Å². The lowest BCUT2D eigenvalue weighted by atomic mass is 10.1. The lowest BCUT2D eigenvalue weighted by molar-refractivity contribution is -0.123. The van der Waals surface area contributed by atoms with Crippen molar-refractivity contribution >= 4 is 11.7 Å². The first-order valence-electron chi connectivity index (χ1n) is 7.61. The molecule has 3 aromatic rings. The van der Waals surface area contributed by atoms with E-state index in [4.69, 9.17) is 14.5 Å². The van der Waals surface area contributed by atoms with Crippen molar-refractivity contribution in [1.29, 1.82) is 5.26 Å². The van der Waals surface area contributed by atoms with E-state index in [0.29, 0.717) is 28.5 Å². The van der Waals surface area contributed by atoms with Crippen LogP contribution in [0.25, 0.3) is 0 Å². The number of nitriles is 1. The van der Waals surface area contributed by atoms with E-state index < -0.39 is 6.10 Å². The van der Waals surface area contributed by atoms with E-state index in [2.05, 4.69) is 10.5 Å². The molecule has 0 spiro atoms. The molecule has 1 N–H and O–H groups in total. The predicted octanol–water partition coefficient (Wildman–Crippen LogP) is 3.61. The summed E-state index contributed by atoms with van der Waals surface area (Å²) in [6, 6.07) is 19.4. The van der Waals surface area contributed by atoms with Crippen molar-refractivity contribution in [2.45, 2.75) is 13.0 Å². The van der Waals surface area contributed by atoms with Gasteiger partial charge in [-0.05, 0) is 31.2 Å². The number of anilines is 1. The van der Waals surface area contributed by atoms with Crippen LogP contribution >= 0.6 is 0 Å². The molecule has 1 heterocycles.